The summed E-state index contributed by atoms with van der Waals surface area (Å²) in [5.41, 5.74) is 2.65. The Kier molecular flexibility index (Phi) is 5.50. The van der Waals surface area contributed by atoms with E-state index in [0.29, 0.717) is 22.4 Å². The maximum Gasteiger partial charge on any atom is 0.340 e. The summed E-state index contributed by atoms with van der Waals surface area (Å²) in [5, 5.41) is 3.55. The molecule has 1 N–H and O–H groups in total. The van der Waals surface area contributed by atoms with Gasteiger partial charge in [-0.1, -0.05) is 0 Å². The number of hydrogen-bond acceptors (Lipinski definition) is 6. The van der Waals surface area contributed by atoms with Crippen LogP contribution in [0.5, 0.6) is 5.75 Å². The molecular formula is C25H25NO6. The van der Waals surface area contributed by atoms with Gasteiger partial charge < -0.3 is 19.2 Å². The third-order valence-corrected chi connectivity index (χ3v) is 5.78. The molecule has 32 heavy (non-hydrogen) atoms. The van der Waals surface area contributed by atoms with E-state index in [9.17, 15) is 14.4 Å². The number of methoxy groups -OCH3 is 1. The number of aryl methyl sites for hydroxylation is 2. The predicted octanol–water partition coefficient (Wildman–Crippen LogP) is 4.17. The Labute approximate surface area is 185 Å². The Morgan fingerprint density at radius 3 is 2.56 bits per heavy atom. The quantitative estimate of drug-likeness (QED) is 0.488. The molecule has 0 spiro atoms. The van der Waals surface area contributed by atoms with E-state index in [1.807, 2.05) is 26.8 Å². The molecule has 1 aliphatic rings. The van der Waals surface area contributed by atoms with Crippen molar-refractivity contribution in [3.8, 4) is 5.75 Å². The van der Waals surface area contributed by atoms with Crippen molar-refractivity contribution in [1.82, 2.24) is 0 Å². The number of fused-ring (bicyclic) bond motifs is 2. The highest BCUT2D eigenvalue weighted by atomic mass is 16.5. The summed E-state index contributed by atoms with van der Waals surface area (Å²) in [6.45, 7) is 5.89. The molecule has 0 aliphatic carbocycles. The molecule has 1 amide bonds. The van der Waals surface area contributed by atoms with E-state index in [-0.39, 0.29) is 17.9 Å². The lowest BCUT2D eigenvalue weighted by Crippen LogP contribution is -2.32. The fraction of sp³-hybridized carbons (Fsp3) is 0.320. The zero-order valence-electron chi connectivity index (χ0n) is 18.5. The van der Waals surface area contributed by atoms with Crippen molar-refractivity contribution >= 4 is 28.5 Å². The standard InChI is InChI=1S/C25H25NO6/c1-14-18-11-16-9-10-25(2,3)32-20(16)13-21(18)31-24(29)19(14)12-22(27)26-17-7-5-15(6-8-17)23(28)30-4/h5-8,11,13H,9-10,12H2,1-4H3,(H,26,27). The molecule has 0 radical (unpaired) electrons. The van der Waals surface area contributed by atoms with Crippen LogP contribution in [-0.2, 0) is 22.4 Å². The van der Waals surface area contributed by atoms with Crippen molar-refractivity contribution in [3.63, 3.8) is 0 Å². The Bertz CT molecular complexity index is 1270. The van der Waals surface area contributed by atoms with Gasteiger partial charge in [0, 0.05) is 17.1 Å². The maximum absolute atomic E-state index is 12.7. The number of carbonyl (C=O) groups excluding carboxylic acids is 2. The van der Waals surface area contributed by atoms with Gasteiger partial charge in [0.05, 0.1) is 24.7 Å². The maximum atomic E-state index is 12.7. The van der Waals surface area contributed by atoms with Crippen LogP contribution in [-0.4, -0.2) is 24.6 Å². The van der Waals surface area contributed by atoms with Gasteiger partial charge in [0.1, 0.15) is 16.9 Å². The fourth-order valence-corrected chi connectivity index (χ4v) is 3.91. The minimum Gasteiger partial charge on any atom is -0.487 e. The lowest BCUT2D eigenvalue weighted by atomic mass is 9.92. The van der Waals surface area contributed by atoms with Crippen LogP contribution in [0, 0.1) is 6.92 Å². The molecule has 3 aromatic rings. The summed E-state index contributed by atoms with van der Waals surface area (Å²) in [4.78, 5) is 36.8. The molecule has 2 aromatic carbocycles. The average Bonchev–Trinajstić information content (AvgIpc) is 2.75. The largest absolute Gasteiger partial charge is 0.487 e. The van der Waals surface area contributed by atoms with Crippen LogP contribution in [0.25, 0.3) is 11.0 Å². The molecule has 0 saturated carbocycles. The first kappa shape index (κ1) is 21.6. The van der Waals surface area contributed by atoms with E-state index < -0.39 is 11.6 Å². The number of ether oxygens (including phenoxy) is 2. The Balaban J connectivity index is 1.58. The van der Waals surface area contributed by atoms with Crippen molar-refractivity contribution in [2.45, 2.75) is 45.6 Å². The van der Waals surface area contributed by atoms with Gasteiger partial charge >= 0.3 is 11.6 Å². The summed E-state index contributed by atoms with van der Waals surface area (Å²) in [6.07, 6.45) is 1.64. The molecule has 0 fully saturated rings. The van der Waals surface area contributed by atoms with Gasteiger partial charge in [-0.2, -0.15) is 0 Å². The van der Waals surface area contributed by atoms with Crippen LogP contribution in [0.3, 0.4) is 0 Å². The molecule has 7 heteroatoms. The molecule has 0 bridgehead atoms. The van der Waals surface area contributed by atoms with Gasteiger partial charge in [-0.15, -0.1) is 0 Å². The summed E-state index contributed by atoms with van der Waals surface area (Å²) in [7, 11) is 1.30. The SMILES string of the molecule is COC(=O)c1ccc(NC(=O)Cc2c(C)c3cc4c(cc3oc2=O)OC(C)(C)CC4)cc1. The highest BCUT2D eigenvalue weighted by Gasteiger charge is 2.28. The van der Waals surface area contributed by atoms with Crippen LogP contribution in [0.15, 0.2) is 45.6 Å². The molecule has 1 aliphatic heterocycles. The number of carbonyl (C=O) groups is 2. The minimum atomic E-state index is -0.541. The van der Waals surface area contributed by atoms with Crippen LogP contribution >= 0.6 is 0 Å². The average molecular weight is 435 g/mol. The van der Waals surface area contributed by atoms with Crippen molar-refractivity contribution in [3.05, 3.63) is 69.1 Å². The van der Waals surface area contributed by atoms with Crippen molar-refractivity contribution in [2.75, 3.05) is 12.4 Å². The zero-order chi connectivity index (χ0) is 23.0. The number of hydrogen-bond donors (Lipinski definition) is 1. The van der Waals surface area contributed by atoms with E-state index in [1.54, 1.807) is 30.3 Å². The summed E-state index contributed by atoms with van der Waals surface area (Å²) in [5.74, 6) is -0.0748. The minimum absolute atomic E-state index is 0.122. The second kappa shape index (κ2) is 8.15. The lowest BCUT2D eigenvalue weighted by Gasteiger charge is -2.32. The van der Waals surface area contributed by atoms with E-state index in [4.69, 9.17) is 9.15 Å². The monoisotopic (exact) mass is 435 g/mol. The van der Waals surface area contributed by atoms with Gasteiger partial charge in [0.2, 0.25) is 5.91 Å². The number of benzene rings is 2. The van der Waals surface area contributed by atoms with E-state index >= 15 is 0 Å². The lowest BCUT2D eigenvalue weighted by molar-refractivity contribution is -0.115. The molecule has 1 aromatic heterocycles. The first-order valence-corrected chi connectivity index (χ1v) is 10.4. The third kappa shape index (κ3) is 4.23. The van der Waals surface area contributed by atoms with Gasteiger partial charge in [-0.25, -0.2) is 9.59 Å². The third-order valence-electron chi connectivity index (χ3n) is 5.78. The Hall–Kier alpha value is -3.61. The van der Waals surface area contributed by atoms with Crippen molar-refractivity contribution < 1.29 is 23.5 Å². The molecule has 0 atom stereocenters. The fourth-order valence-electron chi connectivity index (χ4n) is 3.91. The van der Waals surface area contributed by atoms with Gasteiger partial charge in [-0.05, 0) is 75.1 Å². The van der Waals surface area contributed by atoms with Crippen LogP contribution in [0.2, 0.25) is 0 Å². The molecule has 0 unspecified atom stereocenters. The second-order valence-corrected chi connectivity index (χ2v) is 8.60. The predicted molar refractivity (Wildman–Crippen MR) is 120 cm³/mol. The topological polar surface area (TPSA) is 94.8 Å². The number of nitrogens with one attached hydrogen (secondary N) is 1. The van der Waals surface area contributed by atoms with E-state index in [1.165, 1.54) is 7.11 Å². The normalized spacial score (nSPS) is 14.4. The molecule has 0 saturated heterocycles. The molecular weight excluding hydrogens is 410 g/mol. The highest BCUT2D eigenvalue weighted by Crippen LogP contribution is 2.36. The van der Waals surface area contributed by atoms with Gasteiger partial charge in [0.15, 0.2) is 0 Å². The van der Waals surface area contributed by atoms with Crippen LogP contribution in [0.4, 0.5) is 5.69 Å². The van der Waals surface area contributed by atoms with Crippen molar-refractivity contribution in [2.24, 2.45) is 0 Å². The molecule has 166 valence electrons. The number of rotatable bonds is 4. The zero-order valence-corrected chi connectivity index (χ0v) is 18.5. The number of amides is 1. The Morgan fingerprint density at radius 1 is 1.16 bits per heavy atom. The number of esters is 1. The van der Waals surface area contributed by atoms with Gasteiger partial charge in [0.25, 0.3) is 0 Å². The first-order chi connectivity index (χ1) is 15.2. The number of anilines is 1. The van der Waals surface area contributed by atoms with E-state index in [0.717, 1.165) is 35.1 Å². The van der Waals surface area contributed by atoms with Crippen LogP contribution < -0.4 is 15.7 Å². The highest BCUT2D eigenvalue weighted by molar-refractivity contribution is 5.95. The summed E-state index contributed by atoms with van der Waals surface area (Å²) in [6, 6.07) is 10.1. The first-order valence-electron chi connectivity index (χ1n) is 10.4. The summed E-state index contributed by atoms with van der Waals surface area (Å²) < 4.78 is 16.3. The Morgan fingerprint density at radius 2 is 1.88 bits per heavy atom. The smallest absolute Gasteiger partial charge is 0.340 e. The van der Waals surface area contributed by atoms with Gasteiger partial charge in [-0.3, -0.25) is 4.79 Å². The molecule has 2 heterocycles. The molecule has 4 rings (SSSR count). The van der Waals surface area contributed by atoms with Crippen molar-refractivity contribution in [1.29, 1.82) is 0 Å². The summed E-state index contributed by atoms with van der Waals surface area (Å²) >= 11 is 0. The van der Waals surface area contributed by atoms with Crippen LogP contribution in [0.1, 0.15) is 47.3 Å². The molecule has 7 nitrogen and oxygen atoms in total. The van der Waals surface area contributed by atoms with E-state index in [2.05, 4.69) is 10.1 Å². The second-order valence-electron chi connectivity index (χ2n) is 8.60.